The monoisotopic (exact) mass is 620 g/mol. The van der Waals surface area contributed by atoms with Crippen LogP contribution in [0.4, 0.5) is 9.59 Å². The predicted molar refractivity (Wildman–Crippen MR) is 171 cm³/mol. The lowest BCUT2D eigenvalue weighted by molar-refractivity contribution is -0.145. The van der Waals surface area contributed by atoms with Crippen LogP contribution in [0, 0.1) is 17.8 Å². The molecule has 11 heteroatoms. The van der Waals surface area contributed by atoms with Crippen molar-refractivity contribution in [3.8, 4) is 0 Å². The first-order valence-electron chi connectivity index (χ1n) is 15.6. The molecule has 0 aliphatic carbocycles. The van der Waals surface area contributed by atoms with E-state index in [1.807, 2.05) is 71.9 Å². The van der Waals surface area contributed by atoms with E-state index in [2.05, 4.69) is 16.0 Å². The summed E-state index contributed by atoms with van der Waals surface area (Å²) in [7, 11) is 1.27. The summed E-state index contributed by atoms with van der Waals surface area (Å²) in [6.45, 7) is 17.1. The van der Waals surface area contributed by atoms with Crippen LogP contribution >= 0.6 is 0 Å². The van der Waals surface area contributed by atoms with Crippen LogP contribution in [0.1, 0.15) is 80.7 Å². The molecule has 1 rings (SSSR count). The molecule has 0 bridgehead atoms. The molecule has 0 fully saturated rings. The van der Waals surface area contributed by atoms with Gasteiger partial charge < -0.3 is 35.4 Å². The molecule has 4 N–H and O–H groups in total. The Hall–Kier alpha value is -3.34. The summed E-state index contributed by atoms with van der Waals surface area (Å²) in [6, 6.07) is 6.35. The summed E-state index contributed by atoms with van der Waals surface area (Å²) >= 11 is 0. The number of methoxy groups -OCH3 is 1. The van der Waals surface area contributed by atoms with Crippen molar-refractivity contribution in [3.05, 3.63) is 35.9 Å². The van der Waals surface area contributed by atoms with E-state index in [0.717, 1.165) is 5.56 Å². The number of ether oxygens (including phenoxy) is 2. The van der Waals surface area contributed by atoms with Gasteiger partial charge in [-0.3, -0.25) is 4.79 Å². The molecule has 0 aliphatic rings. The predicted octanol–water partition coefficient (Wildman–Crippen LogP) is 4.27. The molecular formula is C33H56N4O7. The quantitative estimate of drug-likeness (QED) is 0.202. The van der Waals surface area contributed by atoms with E-state index in [4.69, 9.17) is 9.47 Å². The van der Waals surface area contributed by atoms with E-state index in [1.54, 1.807) is 20.8 Å². The van der Waals surface area contributed by atoms with Gasteiger partial charge in [0.25, 0.3) is 0 Å². The molecule has 1 aromatic carbocycles. The molecular weight excluding hydrogens is 564 g/mol. The molecule has 0 spiro atoms. The largest absolute Gasteiger partial charge is 0.467 e. The molecule has 4 atom stereocenters. The second kappa shape index (κ2) is 18.5. The number of hydrogen-bond donors (Lipinski definition) is 4. The number of nitrogens with zero attached hydrogens (tertiary/aromatic N) is 1. The number of hydrogen-bond acceptors (Lipinski definition) is 7. The molecule has 0 unspecified atom stereocenters. The van der Waals surface area contributed by atoms with Crippen molar-refractivity contribution in [1.82, 2.24) is 20.9 Å². The van der Waals surface area contributed by atoms with Gasteiger partial charge in [-0.15, -0.1) is 0 Å². The lowest BCUT2D eigenvalue weighted by Gasteiger charge is -2.33. The molecule has 11 nitrogen and oxygen atoms in total. The Balaban J connectivity index is 3.21. The molecule has 44 heavy (non-hydrogen) atoms. The number of rotatable bonds is 16. The zero-order valence-corrected chi connectivity index (χ0v) is 28.3. The molecule has 0 radical (unpaired) electrons. The Morgan fingerprint density at radius 1 is 0.818 bits per heavy atom. The minimum atomic E-state index is -1.15. The number of benzene rings is 1. The molecule has 1 aromatic rings. The van der Waals surface area contributed by atoms with E-state index in [1.165, 1.54) is 12.0 Å². The number of esters is 1. The number of carbonyl (C=O) groups is 4. The fraction of sp³-hybridized carbons (Fsp3) is 0.697. The first-order chi connectivity index (χ1) is 20.4. The third-order valence-electron chi connectivity index (χ3n) is 6.58. The summed E-state index contributed by atoms with van der Waals surface area (Å²) in [5.41, 5.74) is 0.159. The third kappa shape index (κ3) is 15.4. The van der Waals surface area contributed by atoms with Gasteiger partial charge in [0.2, 0.25) is 5.91 Å². The standard InChI is InChI=1S/C33H56N4O7/c1-21(2)16-26(29(39)34-27(17-22(3)4)30(40)43-10)35-31(41)37(19-23(5)6)20-28(38)25(18-24-14-12-11-13-15-24)36-32(42)44-33(7,8)9/h11-15,21-23,25-28,38H,16-20H2,1-10H3,(H,34,39)(H,35,41)(H,36,42)/t25-,26-,27-,28+/m0/s1. The molecule has 4 amide bonds. The van der Waals surface area contributed by atoms with Crippen molar-refractivity contribution >= 4 is 24.0 Å². The van der Waals surface area contributed by atoms with Gasteiger partial charge in [0.05, 0.1) is 25.8 Å². The smallest absolute Gasteiger partial charge is 0.407 e. The van der Waals surface area contributed by atoms with Gasteiger partial charge in [0, 0.05) is 6.54 Å². The zero-order valence-electron chi connectivity index (χ0n) is 28.3. The van der Waals surface area contributed by atoms with E-state index in [-0.39, 0.29) is 24.3 Å². The molecule has 0 saturated carbocycles. The maximum absolute atomic E-state index is 13.7. The SMILES string of the molecule is COC(=O)[C@H](CC(C)C)NC(=O)[C@H](CC(C)C)NC(=O)N(CC(C)C)C[C@@H](O)[C@H](Cc1ccccc1)NC(=O)OC(C)(C)C. The molecule has 250 valence electrons. The van der Waals surface area contributed by atoms with Crippen LogP contribution in [0.2, 0.25) is 0 Å². The highest BCUT2D eigenvalue weighted by molar-refractivity contribution is 5.90. The second-order valence-corrected chi connectivity index (χ2v) is 13.7. The van der Waals surface area contributed by atoms with Gasteiger partial charge in [0.1, 0.15) is 17.7 Å². The number of alkyl carbamates (subject to hydrolysis) is 1. The van der Waals surface area contributed by atoms with E-state index in [9.17, 15) is 24.3 Å². The summed E-state index contributed by atoms with van der Waals surface area (Å²) in [6.07, 6.45) is -0.796. The number of aliphatic hydroxyl groups excluding tert-OH is 1. The lowest BCUT2D eigenvalue weighted by atomic mass is 10.00. The highest BCUT2D eigenvalue weighted by Crippen LogP contribution is 2.14. The lowest BCUT2D eigenvalue weighted by Crippen LogP contribution is -2.57. The minimum Gasteiger partial charge on any atom is -0.467 e. The summed E-state index contributed by atoms with van der Waals surface area (Å²) in [4.78, 5) is 53.6. The highest BCUT2D eigenvalue weighted by Gasteiger charge is 2.32. The van der Waals surface area contributed by atoms with Crippen LogP contribution < -0.4 is 16.0 Å². The van der Waals surface area contributed by atoms with Crippen molar-refractivity contribution in [3.63, 3.8) is 0 Å². The third-order valence-corrected chi connectivity index (χ3v) is 6.58. The summed E-state index contributed by atoms with van der Waals surface area (Å²) in [5, 5.41) is 19.8. The van der Waals surface area contributed by atoms with Crippen molar-refractivity contribution in [2.75, 3.05) is 20.2 Å². The Kier molecular flexibility index (Phi) is 16.2. The maximum Gasteiger partial charge on any atom is 0.407 e. The first-order valence-corrected chi connectivity index (χ1v) is 15.6. The Morgan fingerprint density at radius 2 is 1.39 bits per heavy atom. The highest BCUT2D eigenvalue weighted by atomic mass is 16.6. The second-order valence-electron chi connectivity index (χ2n) is 13.7. The van der Waals surface area contributed by atoms with Crippen LogP contribution in [0.3, 0.4) is 0 Å². The van der Waals surface area contributed by atoms with Gasteiger partial charge in [-0.1, -0.05) is 71.9 Å². The van der Waals surface area contributed by atoms with Gasteiger partial charge in [0.15, 0.2) is 0 Å². The van der Waals surface area contributed by atoms with Gasteiger partial charge in [-0.05, 0) is 63.4 Å². The molecule has 0 aromatic heterocycles. The van der Waals surface area contributed by atoms with Crippen molar-refractivity contribution in [2.24, 2.45) is 17.8 Å². The molecule has 0 aliphatic heterocycles. The minimum absolute atomic E-state index is 0.0476. The van der Waals surface area contributed by atoms with E-state index in [0.29, 0.717) is 25.8 Å². The van der Waals surface area contributed by atoms with Crippen LogP contribution in [0.15, 0.2) is 30.3 Å². The average molecular weight is 621 g/mol. The van der Waals surface area contributed by atoms with Crippen LogP contribution in [-0.4, -0.2) is 84.0 Å². The first kappa shape index (κ1) is 38.7. The van der Waals surface area contributed by atoms with Gasteiger partial charge in [-0.2, -0.15) is 0 Å². The number of nitrogens with one attached hydrogen (secondary N) is 3. The Morgan fingerprint density at radius 3 is 1.89 bits per heavy atom. The summed E-state index contributed by atoms with van der Waals surface area (Å²) in [5.74, 6) is -0.801. The fourth-order valence-electron chi connectivity index (χ4n) is 4.69. The van der Waals surface area contributed by atoms with Gasteiger partial charge >= 0.3 is 18.1 Å². The fourth-order valence-corrected chi connectivity index (χ4v) is 4.69. The Bertz CT molecular complexity index is 1040. The maximum atomic E-state index is 13.7. The van der Waals surface area contributed by atoms with E-state index >= 15 is 0 Å². The molecule has 0 heterocycles. The molecule has 0 saturated heterocycles. The van der Waals surface area contributed by atoms with Gasteiger partial charge in [-0.25, -0.2) is 14.4 Å². The van der Waals surface area contributed by atoms with Crippen LogP contribution in [0.25, 0.3) is 0 Å². The number of aliphatic hydroxyl groups is 1. The number of carbonyl (C=O) groups excluding carboxylic acids is 4. The van der Waals surface area contributed by atoms with Crippen molar-refractivity contribution in [1.29, 1.82) is 0 Å². The number of urea groups is 1. The van der Waals surface area contributed by atoms with Crippen LogP contribution in [-0.2, 0) is 25.5 Å². The summed E-state index contributed by atoms with van der Waals surface area (Å²) < 4.78 is 10.3. The van der Waals surface area contributed by atoms with Crippen molar-refractivity contribution in [2.45, 2.75) is 111 Å². The normalized spacial score (nSPS) is 14.4. The zero-order chi connectivity index (χ0) is 33.6. The van der Waals surface area contributed by atoms with Crippen molar-refractivity contribution < 1.29 is 33.8 Å². The average Bonchev–Trinajstić information content (AvgIpc) is 2.89. The van der Waals surface area contributed by atoms with Crippen LogP contribution in [0.5, 0.6) is 0 Å². The number of amides is 4. The topological polar surface area (TPSA) is 146 Å². The van der Waals surface area contributed by atoms with E-state index < -0.39 is 53.8 Å². The Labute approximate surface area is 263 Å².